The quantitative estimate of drug-likeness (QED) is 0.600. The molecule has 3 atom stereocenters. The van der Waals surface area contributed by atoms with Crippen molar-refractivity contribution in [2.45, 2.75) is 62.9 Å². The smallest absolute Gasteiger partial charge is 0.262 e. The molecule has 5 aliphatic carbocycles. The first-order valence-corrected chi connectivity index (χ1v) is 12.0. The van der Waals surface area contributed by atoms with Crippen LogP contribution in [0.1, 0.15) is 51.4 Å². The SMILES string of the molecule is NC(=O)C12CC3CC(C1)C(NC(=O)C1(N(c4ccccc4)S(=O)O)CCC1)C(C3)C2. The molecule has 30 heavy (non-hydrogen) atoms. The van der Waals surface area contributed by atoms with Crippen LogP contribution < -0.4 is 15.4 Å². The molecule has 1 aromatic carbocycles. The Morgan fingerprint density at radius 2 is 1.73 bits per heavy atom. The first kappa shape index (κ1) is 20.0. The molecule has 0 heterocycles. The zero-order chi connectivity index (χ0) is 21.1. The maximum absolute atomic E-state index is 13.6. The van der Waals surface area contributed by atoms with Crippen LogP contribution in [0, 0.1) is 23.2 Å². The van der Waals surface area contributed by atoms with Gasteiger partial charge < -0.3 is 11.1 Å². The fraction of sp³-hybridized carbons (Fsp3) is 0.636. The fourth-order valence-corrected chi connectivity index (χ4v) is 7.80. The number of anilines is 1. The Balaban J connectivity index is 1.40. The topological polar surface area (TPSA) is 113 Å². The molecule has 162 valence electrons. The van der Waals surface area contributed by atoms with Crippen molar-refractivity contribution in [3.63, 3.8) is 0 Å². The van der Waals surface area contributed by atoms with Crippen molar-refractivity contribution in [2.24, 2.45) is 28.9 Å². The van der Waals surface area contributed by atoms with E-state index in [0.717, 1.165) is 38.5 Å². The number of para-hydroxylation sites is 1. The van der Waals surface area contributed by atoms with Gasteiger partial charge in [0.1, 0.15) is 5.54 Å². The van der Waals surface area contributed by atoms with Crippen LogP contribution in [0.25, 0.3) is 0 Å². The number of primary amides is 1. The molecule has 2 amide bonds. The van der Waals surface area contributed by atoms with Crippen molar-refractivity contribution in [1.29, 1.82) is 0 Å². The summed E-state index contributed by atoms with van der Waals surface area (Å²) < 4.78 is 23.8. The molecule has 1 aromatic rings. The highest BCUT2D eigenvalue weighted by molar-refractivity contribution is 7.80. The van der Waals surface area contributed by atoms with Gasteiger partial charge in [-0.1, -0.05) is 18.2 Å². The van der Waals surface area contributed by atoms with Crippen LogP contribution in [0.5, 0.6) is 0 Å². The Hall–Kier alpha value is -1.93. The number of carbonyl (C=O) groups is 2. The third-order valence-corrected chi connectivity index (χ3v) is 9.11. The van der Waals surface area contributed by atoms with Gasteiger partial charge in [-0.25, -0.2) is 4.21 Å². The molecule has 4 N–H and O–H groups in total. The van der Waals surface area contributed by atoms with Crippen LogP contribution in [-0.4, -0.2) is 32.2 Å². The Morgan fingerprint density at radius 1 is 1.10 bits per heavy atom. The maximum Gasteiger partial charge on any atom is 0.262 e. The van der Waals surface area contributed by atoms with E-state index < -0.39 is 22.2 Å². The Kier molecular flexibility index (Phi) is 4.70. The number of nitrogens with one attached hydrogen (secondary N) is 1. The van der Waals surface area contributed by atoms with E-state index in [1.165, 1.54) is 4.31 Å². The van der Waals surface area contributed by atoms with Crippen LogP contribution in [0.3, 0.4) is 0 Å². The zero-order valence-electron chi connectivity index (χ0n) is 17.0. The highest BCUT2D eigenvalue weighted by atomic mass is 32.2. The molecule has 0 radical (unpaired) electrons. The first-order valence-electron chi connectivity index (χ1n) is 10.9. The molecule has 0 aromatic heterocycles. The van der Waals surface area contributed by atoms with E-state index in [1.807, 2.05) is 6.07 Å². The van der Waals surface area contributed by atoms with Gasteiger partial charge in [0.25, 0.3) is 11.3 Å². The number of amides is 2. The molecule has 5 fully saturated rings. The van der Waals surface area contributed by atoms with Crippen molar-refractivity contribution in [3.05, 3.63) is 30.3 Å². The molecule has 4 bridgehead atoms. The van der Waals surface area contributed by atoms with Gasteiger partial charge in [0, 0.05) is 11.5 Å². The molecule has 0 spiro atoms. The summed E-state index contributed by atoms with van der Waals surface area (Å²) in [6, 6.07) is 9.01. The van der Waals surface area contributed by atoms with Crippen molar-refractivity contribution in [2.75, 3.05) is 4.31 Å². The van der Waals surface area contributed by atoms with Crippen LogP contribution in [-0.2, 0) is 20.9 Å². The van der Waals surface area contributed by atoms with Crippen molar-refractivity contribution in [3.8, 4) is 0 Å². The second-order valence-corrected chi connectivity index (χ2v) is 10.7. The van der Waals surface area contributed by atoms with Gasteiger partial charge in [0.05, 0.1) is 5.69 Å². The number of hydrogen-bond acceptors (Lipinski definition) is 3. The van der Waals surface area contributed by atoms with E-state index in [2.05, 4.69) is 5.32 Å². The summed E-state index contributed by atoms with van der Waals surface area (Å²) in [6.07, 6.45) is 6.40. The van der Waals surface area contributed by atoms with Crippen molar-refractivity contribution in [1.82, 2.24) is 5.32 Å². The zero-order valence-corrected chi connectivity index (χ0v) is 17.8. The van der Waals surface area contributed by atoms with Crippen molar-refractivity contribution >= 4 is 28.8 Å². The summed E-state index contributed by atoms with van der Waals surface area (Å²) in [5, 5.41) is 3.29. The van der Waals surface area contributed by atoms with Crippen LogP contribution in [0.2, 0.25) is 0 Å². The third kappa shape index (κ3) is 2.91. The molecule has 7 nitrogen and oxygen atoms in total. The fourth-order valence-electron chi connectivity index (χ4n) is 6.93. The monoisotopic (exact) mass is 431 g/mol. The van der Waals surface area contributed by atoms with E-state index in [1.54, 1.807) is 24.3 Å². The lowest BCUT2D eigenvalue weighted by molar-refractivity contribution is -0.148. The van der Waals surface area contributed by atoms with E-state index >= 15 is 0 Å². The second-order valence-electron chi connectivity index (χ2n) is 9.86. The van der Waals surface area contributed by atoms with Crippen molar-refractivity contribution < 1.29 is 18.4 Å². The van der Waals surface area contributed by atoms with E-state index in [4.69, 9.17) is 5.73 Å². The number of nitrogens with zero attached hydrogens (tertiary/aromatic N) is 1. The van der Waals surface area contributed by atoms with Crippen LogP contribution >= 0.6 is 0 Å². The number of nitrogens with two attached hydrogens (primary N) is 1. The first-order chi connectivity index (χ1) is 14.3. The van der Waals surface area contributed by atoms with Crippen LogP contribution in [0.15, 0.2) is 30.3 Å². The minimum absolute atomic E-state index is 0.0174. The molecule has 3 unspecified atom stereocenters. The van der Waals surface area contributed by atoms with Gasteiger partial charge in [-0.05, 0) is 81.3 Å². The number of hydrogen-bond donors (Lipinski definition) is 3. The molecule has 6 rings (SSSR count). The largest absolute Gasteiger partial charge is 0.369 e. The minimum atomic E-state index is -2.31. The maximum atomic E-state index is 13.6. The summed E-state index contributed by atoms with van der Waals surface area (Å²) >= 11 is -2.31. The molecule has 5 saturated carbocycles. The minimum Gasteiger partial charge on any atom is -0.369 e. The Morgan fingerprint density at radius 3 is 2.23 bits per heavy atom. The van der Waals surface area contributed by atoms with E-state index in [0.29, 0.717) is 24.4 Å². The molecule has 0 aliphatic heterocycles. The number of carbonyl (C=O) groups excluding carboxylic acids is 2. The summed E-state index contributed by atoms with van der Waals surface area (Å²) in [4.78, 5) is 25.8. The summed E-state index contributed by atoms with van der Waals surface area (Å²) in [5.74, 6) is 0.689. The van der Waals surface area contributed by atoms with E-state index in [-0.39, 0.29) is 29.7 Å². The Labute approximate surface area is 179 Å². The highest BCUT2D eigenvalue weighted by Gasteiger charge is 2.59. The standard InChI is InChI=1S/C22H29N3O4S/c23-19(26)21-11-14-9-15(12-21)18(16(10-14)13-21)24-20(27)22(7-4-8-22)25(30(28)29)17-5-2-1-3-6-17/h1-3,5-6,14-16,18H,4,7-13H2,(H2,23,26)(H,24,27)(H,28,29). The Bertz CT molecular complexity index is 872. The summed E-state index contributed by atoms with van der Waals surface area (Å²) in [5.41, 5.74) is 4.96. The lowest BCUT2D eigenvalue weighted by Crippen LogP contribution is -2.68. The average Bonchev–Trinajstić information content (AvgIpc) is 2.67. The highest BCUT2D eigenvalue weighted by Crippen LogP contribution is 2.60. The molecular weight excluding hydrogens is 402 g/mol. The molecule has 8 heteroatoms. The predicted molar refractivity (Wildman–Crippen MR) is 113 cm³/mol. The van der Waals surface area contributed by atoms with E-state index in [9.17, 15) is 18.4 Å². The van der Waals surface area contributed by atoms with Gasteiger partial charge in [-0.15, -0.1) is 0 Å². The molecular formula is C22H29N3O4S. The second kappa shape index (κ2) is 7.05. The lowest BCUT2D eigenvalue weighted by atomic mass is 9.47. The average molecular weight is 432 g/mol. The summed E-state index contributed by atoms with van der Waals surface area (Å²) in [6.45, 7) is 0. The van der Waals surface area contributed by atoms with Gasteiger partial charge in [0.15, 0.2) is 0 Å². The third-order valence-electron chi connectivity index (χ3n) is 8.23. The van der Waals surface area contributed by atoms with Gasteiger partial charge >= 0.3 is 0 Å². The molecule has 5 aliphatic rings. The number of benzene rings is 1. The lowest BCUT2D eigenvalue weighted by Gasteiger charge is -2.59. The number of rotatable bonds is 6. The van der Waals surface area contributed by atoms with Crippen LogP contribution in [0.4, 0.5) is 5.69 Å². The normalized spacial score (nSPS) is 36.6. The van der Waals surface area contributed by atoms with Gasteiger partial charge in [0.2, 0.25) is 11.8 Å². The molecule has 0 saturated heterocycles. The van der Waals surface area contributed by atoms with Gasteiger partial charge in [-0.3, -0.25) is 18.4 Å². The van der Waals surface area contributed by atoms with Gasteiger partial charge in [-0.2, -0.15) is 0 Å². The summed E-state index contributed by atoms with van der Waals surface area (Å²) in [7, 11) is 0. The predicted octanol–water partition coefficient (Wildman–Crippen LogP) is 2.35.